The molecule has 1 aliphatic rings. The molecule has 29 heavy (non-hydrogen) atoms. The molecule has 1 fully saturated rings. The number of hydrogen-bond acceptors (Lipinski definition) is 4. The Labute approximate surface area is 170 Å². The standard InChI is InChI=1S/C23H26N4O2/c1-2-29-22-10-6-5-9-20(22)23(28)25-16-18-15-21(17-11-13-24-14-12-17)27(26-18)19-7-3-4-8-19/h5-6,9-15,19H,2-4,7-8,16H2,1H3,(H,25,28). The minimum atomic E-state index is -0.157. The second-order valence-electron chi connectivity index (χ2n) is 7.25. The Balaban J connectivity index is 1.54. The van der Waals surface area contributed by atoms with E-state index < -0.39 is 0 Å². The van der Waals surface area contributed by atoms with Crippen LogP contribution in [0.3, 0.4) is 0 Å². The Morgan fingerprint density at radius 1 is 1.17 bits per heavy atom. The summed E-state index contributed by atoms with van der Waals surface area (Å²) in [5.41, 5.74) is 3.57. The molecule has 2 heterocycles. The number of carbonyl (C=O) groups is 1. The molecule has 4 rings (SSSR count). The van der Waals surface area contributed by atoms with Crippen LogP contribution in [0.4, 0.5) is 0 Å². The van der Waals surface area contributed by atoms with E-state index in [1.165, 1.54) is 12.8 Å². The summed E-state index contributed by atoms with van der Waals surface area (Å²) in [5.74, 6) is 0.441. The zero-order valence-corrected chi connectivity index (χ0v) is 16.7. The summed E-state index contributed by atoms with van der Waals surface area (Å²) in [7, 11) is 0. The molecule has 6 nitrogen and oxygen atoms in total. The topological polar surface area (TPSA) is 69.0 Å². The average Bonchev–Trinajstić information content (AvgIpc) is 3.43. The molecule has 3 aromatic rings. The number of nitrogens with one attached hydrogen (secondary N) is 1. The van der Waals surface area contributed by atoms with E-state index in [1.54, 1.807) is 18.5 Å². The van der Waals surface area contributed by atoms with Gasteiger partial charge in [0.15, 0.2) is 0 Å². The first-order valence-corrected chi connectivity index (χ1v) is 10.2. The maximum atomic E-state index is 12.7. The summed E-state index contributed by atoms with van der Waals surface area (Å²) in [6.07, 6.45) is 8.36. The molecule has 2 aromatic heterocycles. The molecule has 6 heteroatoms. The Bertz CT molecular complexity index is 962. The van der Waals surface area contributed by atoms with E-state index in [2.05, 4.69) is 21.0 Å². The van der Waals surface area contributed by atoms with Crippen molar-refractivity contribution in [3.8, 4) is 17.0 Å². The van der Waals surface area contributed by atoms with E-state index in [4.69, 9.17) is 9.84 Å². The Morgan fingerprint density at radius 3 is 2.69 bits per heavy atom. The molecule has 150 valence electrons. The van der Waals surface area contributed by atoms with Crippen molar-refractivity contribution in [2.45, 2.75) is 45.2 Å². The summed E-state index contributed by atoms with van der Waals surface area (Å²) in [4.78, 5) is 16.8. The smallest absolute Gasteiger partial charge is 0.255 e. The fourth-order valence-corrected chi connectivity index (χ4v) is 3.90. The molecular weight excluding hydrogens is 364 g/mol. The average molecular weight is 390 g/mol. The zero-order valence-electron chi connectivity index (χ0n) is 16.7. The third kappa shape index (κ3) is 4.31. The fourth-order valence-electron chi connectivity index (χ4n) is 3.90. The number of aromatic nitrogens is 3. The van der Waals surface area contributed by atoms with E-state index in [0.29, 0.717) is 30.5 Å². The van der Waals surface area contributed by atoms with Crippen LogP contribution in [0.2, 0.25) is 0 Å². The van der Waals surface area contributed by atoms with Gasteiger partial charge >= 0.3 is 0 Å². The third-order valence-electron chi connectivity index (χ3n) is 5.29. The van der Waals surface area contributed by atoms with Crippen LogP contribution < -0.4 is 10.1 Å². The monoisotopic (exact) mass is 390 g/mol. The predicted molar refractivity (Wildman–Crippen MR) is 112 cm³/mol. The zero-order chi connectivity index (χ0) is 20.1. The molecule has 1 aliphatic carbocycles. The minimum absolute atomic E-state index is 0.157. The van der Waals surface area contributed by atoms with E-state index in [9.17, 15) is 4.79 Å². The lowest BCUT2D eigenvalue weighted by Gasteiger charge is -2.14. The van der Waals surface area contributed by atoms with Gasteiger partial charge in [-0.3, -0.25) is 14.5 Å². The number of ether oxygens (including phenoxy) is 1. The lowest BCUT2D eigenvalue weighted by Crippen LogP contribution is -2.24. The molecular formula is C23H26N4O2. The van der Waals surface area contributed by atoms with Crippen molar-refractivity contribution in [2.24, 2.45) is 0 Å². The summed E-state index contributed by atoms with van der Waals surface area (Å²) >= 11 is 0. The van der Waals surface area contributed by atoms with E-state index in [0.717, 1.165) is 29.8 Å². The maximum Gasteiger partial charge on any atom is 0.255 e. The minimum Gasteiger partial charge on any atom is -0.493 e. The van der Waals surface area contributed by atoms with Crippen LogP contribution in [0.1, 0.15) is 54.7 Å². The van der Waals surface area contributed by atoms with Gasteiger partial charge in [0, 0.05) is 18.0 Å². The van der Waals surface area contributed by atoms with Crippen molar-refractivity contribution in [1.29, 1.82) is 0 Å². The number of hydrogen-bond donors (Lipinski definition) is 1. The molecule has 0 unspecified atom stereocenters. The van der Waals surface area contributed by atoms with Crippen molar-refractivity contribution < 1.29 is 9.53 Å². The van der Waals surface area contributed by atoms with Gasteiger partial charge in [-0.05, 0) is 50.1 Å². The first-order chi connectivity index (χ1) is 14.3. The van der Waals surface area contributed by atoms with Gasteiger partial charge in [0.25, 0.3) is 5.91 Å². The van der Waals surface area contributed by atoms with Crippen LogP contribution in [0.15, 0.2) is 54.9 Å². The molecule has 1 amide bonds. The lowest BCUT2D eigenvalue weighted by molar-refractivity contribution is 0.0946. The first-order valence-electron chi connectivity index (χ1n) is 10.2. The molecule has 0 radical (unpaired) electrons. The number of rotatable bonds is 7. The molecule has 0 aliphatic heterocycles. The number of amides is 1. The van der Waals surface area contributed by atoms with Gasteiger partial charge in [0.05, 0.1) is 36.1 Å². The summed E-state index contributed by atoms with van der Waals surface area (Å²) in [6, 6.07) is 13.8. The Kier molecular flexibility index (Phi) is 5.89. The van der Waals surface area contributed by atoms with E-state index in [1.807, 2.05) is 37.3 Å². The highest BCUT2D eigenvalue weighted by molar-refractivity contribution is 5.96. The number of para-hydroxylation sites is 1. The Hall–Kier alpha value is -3.15. The van der Waals surface area contributed by atoms with E-state index in [-0.39, 0.29) is 5.91 Å². The van der Waals surface area contributed by atoms with Crippen LogP contribution in [-0.2, 0) is 6.54 Å². The van der Waals surface area contributed by atoms with Crippen molar-refractivity contribution in [2.75, 3.05) is 6.61 Å². The SMILES string of the molecule is CCOc1ccccc1C(=O)NCc1cc(-c2ccncc2)n(C2CCCC2)n1. The van der Waals surface area contributed by atoms with Gasteiger partial charge in [-0.2, -0.15) is 5.10 Å². The normalized spacial score (nSPS) is 14.1. The van der Waals surface area contributed by atoms with Crippen molar-refractivity contribution in [3.63, 3.8) is 0 Å². The number of pyridine rings is 1. The highest BCUT2D eigenvalue weighted by Crippen LogP contribution is 2.33. The van der Waals surface area contributed by atoms with Crippen LogP contribution in [0, 0.1) is 0 Å². The molecule has 0 saturated heterocycles. The molecule has 1 N–H and O–H groups in total. The maximum absolute atomic E-state index is 12.7. The van der Waals surface area contributed by atoms with Crippen LogP contribution in [0.25, 0.3) is 11.3 Å². The largest absolute Gasteiger partial charge is 0.493 e. The summed E-state index contributed by atoms with van der Waals surface area (Å²) < 4.78 is 7.71. The van der Waals surface area contributed by atoms with E-state index >= 15 is 0 Å². The van der Waals surface area contributed by atoms with Crippen molar-refractivity contribution in [3.05, 3.63) is 66.1 Å². The van der Waals surface area contributed by atoms with Gasteiger partial charge < -0.3 is 10.1 Å². The highest BCUT2D eigenvalue weighted by atomic mass is 16.5. The second kappa shape index (κ2) is 8.90. The van der Waals surface area contributed by atoms with Crippen molar-refractivity contribution >= 4 is 5.91 Å². The second-order valence-corrected chi connectivity index (χ2v) is 7.25. The van der Waals surface area contributed by atoms with Crippen LogP contribution in [-0.4, -0.2) is 27.3 Å². The number of nitrogens with zero attached hydrogens (tertiary/aromatic N) is 3. The number of carbonyl (C=O) groups excluding carboxylic acids is 1. The molecule has 0 atom stereocenters. The summed E-state index contributed by atoms with van der Waals surface area (Å²) in [6.45, 7) is 2.80. The highest BCUT2D eigenvalue weighted by Gasteiger charge is 2.22. The quantitative estimate of drug-likeness (QED) is 0.650. The first kappa shape index (κ1) is 19.2. The fraction of sp³-hybridized carbons (Fsp3) is 0.348. The van der Waals surface area contributed by atoms with Gasteiger partial charge in [0.1, 0.15) is 5.75 Å². The lowest BCUT2D eigenvalue weighted by atomic mass is 10.1. The Morgan fingerprint density at radius 2 is 1.93 bits per heavy atom. The van der Waals surface area contributed by atoms with Gasteiger partial charge in [0.2, 0.25) is 0 Å². The van der Waals surface area contributed by atoms with Crippen LogP contribution in [0.5, 0.6) is 5.75 Å². The molecule has 0 spiro atoms. The van der Waals surface area contributed by atoms with Crippen LogP contribution >= 0.6 is 0 Å². The molecule has 1 aromatic carbocycles. The molecule has 1 saturated carbocycles. The third-order valence-corrected chi connectivity index (χ3v) is 5.29. The van der Waals surface area contributed by atoms with Gasteiger partial charge in [-0.25, -0.2) is 0 Å². The van der Waals surface area contributed by atoms with Gasteiger partial charge in [-0.15, -0.1) is 0 Å². The molecule has 0 bridgehead atoms. The predicted octanol–water partition coefficient (Wildman–Crippen LogP) is 4.39. The van der Waals surface area contributed by atoms with Gasteiger partial charge in [-0.1, -0.05) is 25.0 Å². The van der Waals surface area contributed by atoms with Crippen molar-refractivity contribution in [1.82, 2.24) is 20.1 Å². The number of benzene rings is 1. The summed E-state index contributed by atoms with van der Waals surface area (Å²) in [5, 5.41) is 7.83.